The minimum absolute atomic E-state index is 0.561. The third-order valence-corrected chi connectivity index (χ3v) is 3.54. The summed E-state index contributed by atoms with van der Waals surface area (Å²) in [6.07, 6.45) is 3.50. The van der Waals surface area contributed by atoms with Crippen molar-refractivity contribution in [3.8, 4) is 0 Å². The van der Waals surface area contributed by atoms with E-state index < -0.39 is 0 Å². The normalized spacial score (nSPS) is 12.9. The maximum Gasteiger partial charge on any atom is 0.0701 e. The smallest absolute Gasteiger partial charge is 0.0701 e. The molecule has 0 saturated carbocycles. The van der Waals surface area contributed by atoms with Crippen LogP contribution in [0.2, 0.25) is 0 Å². The quantitative estimate of drug-likeness (QED) is 0.391. The lowest BCUT2D eigenvalue weighted by Gasteiger charge is -2.11. The first-order chi connectivity index (χ1) is 11.2. The van der Waals surface area contributed by atoms with Gasteiger partial charge in [0.25, 0.3) is 0 Å². The Bertz CT molecular complexity index is 227. The van der Waals surface area contributed by atoms with Crippen molar-refractivity contribution in [3.63, 3.8) is 0 Å². The summed E-state index contributed by atoms with van der Waals surface area (Å²) in [7, 11) is 0. The van der Waals surface area contributed by atoms with Crippen LogP contribution in [0, 0.1) is 5.92 Å². The SMILES string of the molecule is CCC(C)NCCOCCOCCOCCOCCCC(C)C. The van der Waals surface area contributed by atoms with Crippen molar-refractivity contribution in [1.29, 1.82) is 0 Å². The maximum atomic E-state index is 5.50. The Morgan fingerprint density at radius 1 is 0.696 bits per heavy atom. The first-order valence-electron chi connectivity index (χ1n) is 9.21. The topological polar surface area (TPSA) is 49.0 Å². The molecule has 1 N–H and O–H groups in total. The molecular formula is C18H39NO4. The lowest BCUT2D eigenvalue weighted by Crippen LogP contribution is -2.29. The summed E-state index contributed by atoms with van der Waals surface area (Å²) in [6, 6.07) is 0.561. The van der Waals surface area contributed by atoms with Crippen molar-refractivity contribution in [2.45, 2.75) is 53.0 Å². The first-order valence-corrected chi connectivity index (χ1v) is 9.21. The number of nitrogens with one attached hydrogen (secondary N) is 1. The second-order valence-corrected chi connectivity index (χ2v) is 6.25. The third-order valence-electron chi connectivity index (χ3n) is 3.54. The molecule has 0 spiro atoms. The molecule has 0 amide bonds. The number of ether oxygens (including phenoxy) is 4. The summed E-state index contributed by atoms with van der Waals surface area (Å²) in [5.74, 6) is 0.757. The molecule has 23 heavy (non-hydrogen) atoms. The number of rotatable bonds is 18. The van der Waals surface area contributed by atoms with Crippen LogP contribution in [-0.2, 0) is 18.9 Å². The summed E-state index contributed by atoms with van der Waals surface area (Å²) >= 11 is 0. The summed E-state index contributed by atoms with van der Waals surface area (Å²) in [5, 5.41) is 3.38. The van der Waals surface area contributed by atoms with Gasteiger partial charge in [-0.1, -0.05) is 20.8 Å². The summed E-state index contributed by atoms with van der Waals surface area (Å²) in [5.41, 5.74) is 0. The van der Waals surface area contributed by atoms with E-state index in [1.165, 1.54) is 6.42 Å². The summed E-state index contributed by atoms with van der Waals surface area (Å²) in [4.78, 5) is 0. The molecule has 5 nitrogen and oxygen atoms in total. The molecule has 0 bridgehead atoms. The van der Waals surface area contributed by atoms with Gasteiger partial charge in [0.15, 0.2) is 0 Å². The molecule has 0 aromatic rings. The van der Waals surface area contributed by atoms with E-state index in [2.05, 4.69) is 33.0 Å². The fraction of sp³-hybridized carbons (Fsp3) is 1.00. The lowest BCUT2D eigenvalue weighted by molar-refractivity contribution is -0.00205. The standard InChI is InChI=1S/C18H39NO4/c1-5-18(4)19-8-10-21-12-14-23-16-15-22-13-11-20-9-6-7-17(2)3/h17-19H,5-16H2,1-4H3. The van der Waals surface area contributed by atoms with Gasteiger partial charge >= 0.3 is 0 Å². The average molecular weight is 334 g/mol. The van der Waals surface area contributed by atoms with Crippen LogP contribution in [0.15, 0.2) is 0 Å². The highest BCUT2D eigenvalue weighted by Crippen LogP contribution is 2.02. The highest BCUT2D eigenvalue weighted by atomic mass is 16.6. The molecular weight excluding hydrogens is 294 g/mol. The Morgan fingerprint density at radius 3 is 1.65 bits per heavy atom. The van der Waals surface area contributed by atoms with Gasteiger partial charge in [0, 0.05) is 19.2 Å². The van der Waals surface area contributed by atoms with E-state index >= 15 is 0 Å². The molecule has 0 radical (unpaired) electrons. The monoisotopic (exact) mass is 333 g/mol. The van der Waals surface area contributed by atoms with Crippen LogP contribution in [0.4, 0.5) is 0 Å². The van der Waals surface area contributed by atoms with Crippen LogP contribution in [0.1, 0.15) is 47.0 Å². The summed E-state index contributed by atoms with van der Waals surface area (Å²) in [6.45, 7) is 15.1. The van der Waals surface area contributed by atoms with Crippen LogP contribution in [-0.4, -0.2) is 65.4 Å². The van der Waals surface area contributed by atoms with Crippen molar-refractivity contribution in [1.82, 2.24) is 5.32 Å². The van der Waals surface area contributed by atoms with Gasteiger partial charge in [-0.15, -0.1) is 0 Å². The van der Waals surface area contributed by atoms with Gasteiger partial charge < -0.3 is 24.3 Å². The van der Waals surface area contributed by atoms with E-state index in [0.717, 1.165) is 38.5 Å². The Hall–Kier alpha value is -0.200. The van der Waals surface area contributed by atoms with Crippen LogP contribution in [0.3, 0.4) is 0 Å². The van der Waals surface area contributed by atoms with Crippen LogP contribution >= 0.6 is 0 Å². The van der Waals surface area contributed by atoms with E-state index in [4.69, 9.17) is 18.9 Å². The van der Waals surface area contributed by atoms with Crippen molar-refractivity contribution in [3.05, 3.63) is 0 Å². The van der Waals surface area contributed by atoms with E-state index in [0.29, 0.717) is 45.7 Å². The molecule has 1 atom stereocenters. The van der Waals surface area contributed by atoms with Crippen LogP contribution in [0.5, 0.6) is 0 Å². The Labute approximate surface area is 143 Å². The van der Waals surface area contributed by atoms with Crippen LogP contribution < -0.4 is 5.32 Å². The predicted molar refractivity (Wildman–Crippen MR) is 95.1 cm³/mol. The largest absolute Gasteiger partial charge is 0.379 e. The molecule has 1 unspecified atom stereocenters. The Morgan fingerprint density at radius 2 is 1.17 bits per heavy atom. The van der Waals surface area contributed by atoms with E-state index in [1.54, 1.807) is 0 Å². The van der Waals surface area contributed by atoms with E-state index in [9.17, 15) is 0 Å². The van der Waals surface area contributed by atoms with Crippen molar-refractivity contribution in [2.75, 3.05) is 59.4 Å². The molecule has 0 aliphatic carbocycles. The van der Waals surface area contributed by atoms with Crippen LogP contribution in [0.25, 0.3) is 0 Å². The zero-order valence-electron chi connectivity index (χ0n) is 15.8. The third kappa shape index (κ3) is 19.8. The molecule has 0 fully saturated rings. The fourth-order valence-electron chi connectivity index (χ4n) is 1.88. The zero-order valence-corrected chi connectivity index (χ0v) is 15.8. The van der Waals surface area contributed by atoms with Gasteiger partial charge in [0.1, 0.15) is 0 Å². The van der Waals surface area contributed by atoms with Gasteiger partial charge in [0.2, 0.25) is 0 Å². The minimum Gasteiger partial charge on any atom is -0.379 e. The molecule has 0 heterocycles. The number of hydrogen-bond donors (Lipinski definition) is 1. The van der Waals surface area contributed by atoms with Crippen molar-refractivity contribution in [2.24, 2.45) is 5.92 Å². The molecule has 140 valence electrons. The second-order valence-electron chi connectivity index (χ2n) is 6.25. The number of hydrogen-bond acceptors (Lipinski definition) is 5. The Balaban J connectivity index is 3.00. The highest BCUT2D eigenvalue weighted by molar-refractivity contribution is 4.56. The maximum absolute atomic E-state index is 5.50. The highest BCUT2D eigenvalue weighted by Gasteiger charge is 1.97. The summed E-state index contributed by atoms with van der Waals surface area (Å²) < 4.78 is 21.9. The van der Waals surface area contributed by atoms with Gasteiger partial charge in [0.05, 0.1) is 46.2 Å². The lowest BCUT2D eigenvalue weighted by atomic mass is 10.1. The van der Waals surface area contributed by atoms with E-state index in [1.807, 2.05) is 0 Å². The van der Waals surface area contributed by atoms with Gasteiger partial charge in [-0.2, -0.15) is 0 Å². The Kier molecular flexibility index (Phi) is 18.0. The van der Waals surface area contributed by atoms with Gasteiger partial charge in [-0.25, -0.2) is 0 Å². The van der Waals surface area contributed by atoms with Gasteiger partial charge in [-0.05, 0) is 32.1 Å². The van der Waals surface area contributed by atoms with E-state index in [-0.39, 0.29) is 0 Å². The first kappa shape index (κ1) is 22.8. The average Bonchev–Trinajstić information content (AvgIpc) is 2.53. The fourth-order valence-corrected chi connectivity index (χ4v) is 1.88. The second kappa shape index (κ2) is 18.1. The molecule has 0 rings (SSSR count). The molecule has 0 aliphatic heterocycles. The van der Waals surface area contributed by atoms with Gasteiger partial charge in [-0.3, -0.25) is 0 Å². The molecule has 0 aliphatic rings. The molecule has 0 aromatic heterocycles. The van der Waals surface area contributed by atoms with Crippen molar-refractivity contribution < 1.29 is 18.9 Å². The predicted octanol–water partition coefficient (Wildman–Crippen LogP) is 2.88. The van der Waals surface area contributed by atoms with Crippen molar-refractivity contribution >= 4 is 0 Å². The zero-order chi connectivity index (χ0) is 17.2. The molecule has 0 saturated heterocycles. The molecule has 5 heteroatoms. The minimum atomic E-state index is 0.561. The molecule has 0 aromatic carbocycles.